The van der Waals surface area contributed by atoms with Gasteiger partial charge in [-0.05, 0) is 25.6 Å². The number of methoxy groups -OCH3 is 1. The van der Waals surface area contributed by atoms with E-state index < -0.39 is 0 Å². The molecule has 0 fully saturated rings. The summed E-state index contributed by atoms with van der Waals surface area (Å²) in [6.45, 7) is 5.90. The first-order valence-corrected chi connectivity index (χ1v) is 6.87. The van der Waals surface area contributed by atoms with E-state index in [1.807, 2.05) is 38.4 Å². The zero-order valence-corrected chi connectivity index (χ0v) is 13.2. The molecule has 1 aromatic carbocycles. The second kappa shape index (κ2) is 7.29. The molecule has 0 atom stereocenters. The maximum atomic E-state index is 12.0. The van der Waals surface area contributed by atoms with Gasteiger partial charge in [0, 0.05) is 18.7 Å². The summed E-state index contributed by atoms with van der Waals surface area (Å²) in [5.41, 5.74) is 0.970. The molecule has 0 aromatic heterocycles. The van der Waals surface area contributed by atoms with Crippen molar-refractivity contribution in [2.24, 2.45) is 5.41 Å². The van der Waals surface area contributed by atoms with Gasteiger partial charge in [-0.3, -0.25) is 4.79 Å². The van der Waals surface area contributed by atoms with E-state index in [4.69, 9.17) is 4.74 Å². The van der Waals surface area contributed by atoms with Gasteiger partial charge in [0.2, 0.25) is 5.91 Å². The molecule has 0 heterocycles. The number of benzene rings is 1. The number of carbonyl (C=O) groups excluding carboxylic acids is 1. The monoisotopic (exact) mass is 278 g/mol. The molecule has 1 rings (SSSR count). The van der Waals surface area contributed by atoms with Crippen LogP contribution in [0.5, 0.6) is 5.75 Å². The van der Waals surface area contributed by atoms with Crippen molar-refractivity contribution < 1.29 is 9.53 Å². The van der Waals surface area contributed by atoms with Crippen molar-refractivity contribution >= 4 is 5.91 Å². The second-order valence-electron chi connectivity index (χ2n) is 6.17. The molecular weight excluding hydrogens is 252 g/mol. The number of nitrogens with one attached hydrogen (secondary N) is 1. The molecule has 0 saturated carbocycles. The number of amides is 1. The fourth-order valence-electron chi connectivity index (χ4n) is 2.33. The molecule has 0 saturated heterocycles. The third-order valence-corrected chi connectivity index (χ3v) is 3.05. The Hall–Kier alpha value is -1.55. The SMILES string of the molecule is COc1ccccc1CC(=O)NCC(C)(C)CN(C)C. The fourth-order valence-corrected chi connectivity index (χ4v) is 2.33. The number of hydrogen-bond donors (Lipinski definition) is 1. The number of para-hydroxylation sites is 1. The second-order valence-corrected chi connectivity index (χ2v) is 6.17. The van der Waals surface area contributed by atoms with Crippen LogP contribution in [0.15, 0.2) is 24.3 Å². The minimum absolute atomic E-state index is 0.0290. The Kier molecular flexibility index (Phi) is 6.02. The van der Waals surface area contributed by atoms with E-state index in [1.165, 1.54) is 0 Å². The van der Waals surface area contributed by atoms with Gasteiger partial charge in [-0.15, -0.1) is 0 Å². The van der Waals surface area contributed by atoms with Crippen LogP contribution in [0.2, 0.25) is 0 Å². The van der Waals surface area contributed by atoms with Crippen LogP contribution in [-0.2, 0) is 11.2 Å². The first kappa shape index (κ1) is 16.5. The van der Waals surface area contributed by atoms with Crippen LogP contribution in [0.3, 0.4) is 0 Å². The van der Waals surface area contributed by atoms with Crippen molar-refractivity contribution in [2.45, 2.75) is 20.3 Å². The Morgan fingerprint density at radius 2 is 1.95 bits per heavy atom. The van der Waals surface area contributed by atoms with E-state index >= 15 is 0 Å². The van der Waals surface area contributed by atoms with E-state index in [-0.39, 0.29) is 11.3 Å². The average molecular weight is 278 g/mol. The minimum atomic E-state index is 0.0290. The first-order chi connectivity index (χ1) is 9.34. The van der Waals surface area contributed by atoms with Gasteiger partial charge < -0.3 is 15.0 Å². The molecule has 0 aliphatic carbocycles. The first-order valence-electron chi connectivity index (χ1n) is 6.87. The molecular formula is C16H26N2O2. The van der Waals surface area contributed by atoms with Gasteiger partial charge in [0.25, 0.3) is 0 Å². The predicted molar refractivity (Wildman–Crippen MR) is 82.0 cm³/mol. The molecule has 0 aliphatic heterocycles. The van der Waals surface area contributed by atoms with Crippen LogP contribution in [0, 0.1) is 5.41 Å². The van der Waals surface area contributed by atoms with Crippen LogP contribution in [0.25, 0.3) is 0 Å². The molecule has 0 bridgehead atoms. The summed E-state index contributed by atoms with van der Waals surface area (Å²) in [5.74, 6) is 0.788. The van der Waals surface area contributed by atoms with Crippen molar-refractivity contribution in [1.82, 2.24) is 10.2 Å². The van der Waals surface area contributed by atoms with Crippen molar-refractivity contribution in [3.8, 4) is 5.75 Å². The highest BCUT2D eigenvalue weighted by molar-refractivity contribution is 5.79. The summed E-state index contributed by atoms with van der Waals surface area (Å²) < 4.78 is 5.26. The lowest BCUT2D eigenvalue weighted by Gasteiger charge is -2.28. The molecule has 1 amide bonds. The normalized spacial score (nSPS) is 11.5. The van der Waals surface area contributed by atoms with Crippen molar-refractivity contribution in [3.05, 3.63) is 29.8 Å². The lowest BCUT2D eigenvalue weighted by molar-refractivity contribution is -0.120. The lowest BCUT2D eigenvalue weighted by atomic mass is 9.93. The summed E-state index contributed by atoms with van der Waals surface area (Å²) in [5, 5.41) is 3.01. The molecule has 0 spiro atoms. The molecule has 4 heteroatoms. The zero-order chi connectivity index (χ0) is 15.2. The molecule has 112 valence electrons. The molecule has 1 N–H and O–H groups in total. The smallest absolute Gasteiger partial charge is 0.224 e. The Morgan fingerprint density at radius 1 is 1.30 bits per heavy atom. The summed E-state index contributed by atoms with van der Waals surface area (Å²) >= 11 is 0. The summed E-state index contributed by atoms with van der Waals surface area (Å²) in [6, 6.07) is 7.61. The summed E-state index contributed by atoms with van der Waals surface area (Å²) in [4.78, 5) is 14.2. The molecule has 0 radical (unpaired) electrons. The van der Waals surface area contributed by atoms with Crippen LogP contribution < -0.4 is 10.1 Å². The number of carbonyl (C=O) groups is 1. The minimum Gasteiger partial charge on any atom is -0.496 e. The van der Waals surface area contributed by atoms with Gasteiger partial charge in [0.15, 0.2) is 0 Å². The number of hydrogen-bond acceptors (Lipinski definition) is 3. The highest BCUT2D eigenvalue weighted by Gasteiger charge is 2.20. The molecule has 4 nitrogen and oxygen atoms in total. The van der Waals surface area contributed by atoms with Crippen molar-refractivity contribution in [3.63, 3.8) is 0 Å². The highest BCUT2D eigenvalue weighted by Crippen LogP contribution is 2.18. The Labute approximate surface area is 122 Å². The quantitative estimate of drug-likeness (QED) is 0.829. The lowest BCUT2D eigenvalue weighted by Crippen LogP contribution is -2.40. The van der Waals surface area contributed by atoms with Crippen LogP contribution in [0.1, 0.15) is 19.4 Å². The van der Waals surface area contributed by atoms with Gasteiger partial charge in [-0.25, -0.2) is 0 Å². The predicted octanol–water partition coefficient (Wildman–Crippen LogP) is 1.94. The topological polar surface area (TPSA) is 41.6 Å². The molecule has 20 heavy (non-hydrogen) atoms. The van der Waals surface area contributed by atoms with Gasteiger partial charge in [-0.1, -0.05) is 32.0 Å². The van der Waals surface area contributed by atoms with Gasteiger partial charge in [-0.2, -0.15) is 0 Å². The van der Waals surface area contributed by atoms with Gasteiger partial charge >= 0.3 is 0 Å². The third kappa shape index (κ3) is 5.61. The van der Waals surface area contributed by atoms with Crippen molar-refractivity contribution in [1.29, 1.82) is 0 Å². The Morgan fingerprint density at radius 3 is 2.55 bits per heavy atom. The number of nitrogens with zero attached hydrogens (tertiary/aromatic N) is 1. The van der Waals surface area contributed by atoms with E-state index in [1.54, 1.807) is 7.11 Å². The number of ether oxygens (including phenoxy) is 1. The maximum Gasteiger partial charge on any atom is 0.224 e. The van der Waals surface area contributed by atoms with Crippen LogP contribution >= 0.6 is 0 Å². The van der Waals surface area contributed by atoms with E-state index in [2.05, 4.69) is 24.1 Å². The average Bonchev–Trinajstić information content (AvgIpc) is 2.36. The fraction of sp³-hybridized carbons (Fsp3) is 0.562. The standard InChI is InChI=1S/C16H26N2O2/c1-16(2,12-18(3)4)11-17-15(19)10-13-8-6-7-9-14(13)20-5/h6-9H,10-12H2,1-5H3,(H,17,19). The van der Waals surface area contributed by atoms with Crippen LogP contribution in [-0.4, -0.2) is 45.1 Å². The number of rotatable bonds is 7. The molecule has 1 aromatic rings. The zero-order valence-electron chi connectivity index (χ0n) is 13.2. The van der Waals surface area contributed by atoms with Crippen molar-refractivity contribution in [2.75, 3.05) is 34.3 Å². The Balaban J connectivity index is 2.52. The summed E-state index contributed by atoms with van der Waals surface area (Å²) in [6.07, 6.45) is 0.349. The van der Waals surface area contributed by atoms with E-state index in [9.17, 15) is 4.79 Å². The van der Waals surface area contributed by atoms with E-state index in [0.717, 1.165) is 17.9 Å². The Bertz CT molecular complexity index is 442. The summed E-state index contributed by atoms with van der Waals surface area (Å²) in [7, 11) is 5.70. The maximum absolute atomic E-state index is 12.0. The van der Waals surface area contributed by atoms with Crippen LogP contribution in [0.4, 0.5) is 0 Å². The largest absolute Gasteiger partial charge is 0.496 e. The molecule has 0 aliphatic rings. The third-order valence-electron chi connectivity index (χ3n) is 3.05. The van der Waals surface area contributed by atoms with Gasteiger partial charge in [0.1, 0.15) is 5.75 Å². The van der Waals surface area contributed by atoms with Gasteiger partial charge in [0.05, 0.1) is 13.5 Å². The molecule has 0 unspecified atom stereocenters. The van der Waals surface area contributed by atoms with E-state index in [0.29, 0.717) is 13.0 Å². The highest BCUT2D eigenvalue weighted by atomic mass is 16.5.